The predicted molar refractivity (Wildman–Crippen MR) is 106 cm³/mol. The molecule has 2 aromatic carbocycles. The molecule has 1 unspecified atom stereocenters. The molecule has 3 rings (SSSR count). The summed E-state index contributed by atoms with van der Waals surface area (Å²) >= 11 is 0. The fourth-order valence-electron chi connectivity index (χ4n) is 2.48. The molecule has 0 spiro atoms. The lowest BCUT2D eigenvalue weighted by Crippen LogP contribution is -2.33. The summed E-state index contributed by atoms with van der Waals surface area (Å²) in [6.45, 7) is 4.03. The van der Waals surface area contributed by atoms with Crippen molar-refractivity contribution in [2.45, 2.75) is 32.7 Å². The SMILES string of the molecule is Cc1ccc(CON=CC(C)NC(=O)c2ccc(-c3noc(C(F)(F)F)n3)cc2)cc1. The lowest BCUT2D eigenvalue weighted by Gasteiger charge is -2.09. The number of aryl methyl sites for hydroxylation is 1. The summed E-state index contributed by atoms with van der Waals surface area (Å²) in [6.07, 6.45) is -3.26. The van der Waals surface area contributed by atoms with Gasteiger partial charge in [-0.25, -0.2) is 0 Å². The zero-order valence-corrected chi connectivity index (χ0v) is 16.7. The van der Waals surface area contributed by atoms with Crippen LogP contribution in [0.5, 0.6) is 0 Å². The number of amides is 1. The number of nitrogens with one attached hydrogen (secondary N) is 1. The first-order valence-corrected chi connectivity index (χ1v) is 9.25. The van der Waals surface area contributed by atoms with Crippen molar-refractivity contribution in [1.29, 1.82) is 0 Å². The second kappa shape index (κ2) is 9.41. The zero-order valence-electron chi connectivity index (χ0n) is 16.7. The van der Waals surface area contributed by atoms with E-state index in [0.717, 1.165) is 11.1 Å². The smallest absolute Gasteiger partial charge is 0.391 e. The third kappa shape index (κ3) is 6.14. The standard InChI is InChI=1S/C21H19F3N4O3/c1-13-3-5-15(6-4-13)12-30-25-11-14(2)26-19(29)17-9-7-16(8-10-17)18-27-20(31-28-18)21(22,23)24/h3-11,14H,12H2,1-2H3,(H,26,29). The van der Waals surface area contributed by atoms with Gasteiger partial charge in [0.2, 0.25) is 5.82 Å². The van der Waals surface area contributed by atoms with E-state index in [1.165, 1.54) is 30.5 Å². The highest BCUT2D eigenvalue weighted by Crippen LogP contribution is 2.29. The van der Waals surface area contributed by atoms with Crippen molar-refractivity contribution in [2.75, 3.05) is 0 Å². The molecule has 0 saturated carbocycles. The van der Waals surface area contributed by atoms with Gasteiger partial charge in [-0.1, -0.05) is 52.3 Å². The third-order valence-electron chi connectivity index (χ3n) is 4.14. The van der Waals surface area contributed by atoms with Crippen LogP contribution in [0.25, 0.3) is 11.4 Å². The molecule has 1 aromatic heterocycles. The molecule has 3 aromatic rings. The molecule has 1 N–H and O–H groups in total. The number of carbonyl (C=O) groups excluding carboxylic acids is 1. The number of rotatable bonds is 7. The van der Waals surface area contributed by atoms with Crippen LogP contribution >= 0.6 is 0 Å². The maximum absolute atomic E-state index is 12.6. The van der Waals surface area contributed by atoms with Crippen LogP contribution in [0.4, 0.5) is 13.2 Å². The largest absolute Gasteiger partial charge is 0.471 e. The van der Waals surface area contributed by atoms with Crippen LogP contribution < -0.4 is 5.32 Å². The maximum Gasteiger partial charge on any atom is 0.471 e. The van der Waals surface area contributed by atoms with Gasteiger partial charge in [0.05, 0.1) is 12.3 Å². The molecule has 10 heteroatoms. The molecule has 0 aliphatic rings. The number of carbonyl (C=O) groups is 1. The lowest BCUT2D eigenvalue weighted by molar-refractivity contribution is -0.159. The minimum absolute atomic E-state index is 0.217. The molecular formula is C21H19F3N4O3. The van der Waals surface area contributed by atoms with Crippen LogP contribution in [0.3, 0.4) is 0 Å². The topological polar surface area (TPSA) is 89.6 Å². The van der Waals surface area contributed by atoms with Crippen molar-refractivity contribution in [3.63, 3.8) is 0 Å². The Kier molecular flexibility index (Phi) is 6.68. The number of alkyl halides is 3. The Bertz CT molecular complexity index is 1040. The molecule has 1 amide bonds. The molecular weight excluding hydrogens is 413 g/mol. The van der Waals surface area contributed by atoms with Crippen LogP contribution in [0.2, 0.25) is 0 Å². The summed E-state index contributed by atoms with van der Waals surface area (Å²) in [5, 5.41) is 9.88. The Morgan fingerprint density at radius 2 is 1.87 bits per heavy atom. The highest BCUT2D eigenvalue weighted by Gasteiger charge is 2.38. The predicted octanol–water partition coefficient (Wildman–Crippen LogP) is 4.38. The maximum atomic E-state index is 12.6. The molecule has 0 saturated heterocycles. The van der Waals surface area contributed by atoms with Gasteiger partial charge in [-0.2, -0.15) is 18.2 Å². The minimum atomic E-state index is -4.72. The Balaban J connectivity index is 1.51. The van der Waals surface area contributed by atoms with Gasteiger partial charge in [0.25, 0.3) is 5.91 Å². The average molecular weight is 432 g/mol. The number of halogens is 3. The summed E-state index contributed by atoms with van der Waals surface area (Å²) in [5.74, 6) is -2.03. The van der Waals surface area contributed by atoms with E-state index in [1.807, 2.05) is 31.2 Å². The Morgan fingerprint density at radius 3 is 2.48 bits per heavy atom. The van der Waals surface area contributed by atoms with Gasteiger partial charge in [0, 0.05) is 11.1 Å². The Labute approximate surface area is 175 Å². The van der Waals surface area contributed by atoms with E-state index in [1.54, 1.807) is 6.92 Å². The van der Waals surface area contributed by atoms with Gasteiger partial charge >= 0.3 is 12.1 Å². The molecule has 1 heterocycles. The van der Waals surface area contributed by atoms with Crippen molar-refractivity contribution in [3.05, 3.63) is 71.1 Å². The molecule has 0 radical (unpaired) electrons. The normalized spacial score (nSPS) is 12.7. The number of hydrogen-bond donors (Lipinski definition) is 1. The number of oxime groups is 1. The van der Waals surface area contributed by atoms with Crippen LogP contribution in [0, 0.1) is 6.92 Å². The monoisotopic (exact) mass is 432 g/mol. The van der Waals surface area contributed by atoms with Gasteiger partial charge in [-0.3, -0.25) is 4.79 Å². The molecule has 0 aliphatic carbocycles. The van der Waals surface area contributed by atoms with Crippen molar-refractivity contribution in [2.24, 2.45) is 5.16 Å². The number of hydrogen-bond acceptors (Lipinski definition) is 6. The highest BCUT2D eigenvalue weighted by molar-refractivity contribution is 5.96. The molecule has 0 fully saturated rings. The van der Waals surface area contributed by atoms with Crippen LogP contribution in [-0.4, -0.2) is 28.3 Å². The number of aromatic nitrogens is 2. The summed E-state index contributed by atoms with van der Waals surface area (Å²) < 4.78 is 41.9. The van der Waals surface area contributed by atoms with Crippen molar-refractivity contribution < 1.29 is 27.3 Å². The average Bonchev–Trinajstić information content (AvgIpc) is 3.23. The Morgan fingerprint density at radius 1 is 1.19 bits per heavy atom. The van der Waals surface area contributed by atoms with E-state index in [-0.39, 0.29) is 17.3 Å². The van der Waals surface area contributed by atoms with E-state index in [9.17, 15) is 18.0 Å². The van der Waals surface area contributed by atoms with Gasteiger partial charge in [0.1, 0.15) is 6.61 Å². The molecule has 1 atom stereocenters. The summed E-state index contributed by atoms with van der Waals surface area (Å²) in [6, 6.07) is 13.2. The van der Waals surface area contributed by atoms with Crippen molar-refractivity contribution in [3.8, 4) is 11.4 Å². The fraction of sp³-hybridized carbons (Fsp3) is 0.238. The van der Waals surface area contributed by atoms with E-state index in [0.29, 0.717) is 12.2 Å². The quantitative estimate of drug-likeness (QED) is 0.442. The van der Waals surface area contributed by atoms with Gasteiger partial charge in [-0.05, 0) is 31.5 Å². The summed E-state index contributed by atoms with van der Waals surface area (Å²) in [4.78, 5) is 20.8. The molecule has 31 heavy (non-hydrogen) atoms. The van der Waals surface area contributed by atoms with Crippen molar-refractivity contribution >= 4 is 12.1 Å². The Hall–Kier alpha value is -3.69. The second-order valence-electron chi connectivity index (χ2n) is 6.77. The van der Waals surface area contributed by atoms with Gasteiger partial charge < -0.3 is 14.7 Å². The number of nitrogens with zero attached hydrogens (tertiary/aromatic N) is 3. The van der Waals surface area contributed by atoms with E-state index < -0.39 is 18.1 Å². The molecule has 7 nitrogen and oxygen atoms in total. The summed E-state index contributed by atoms with van der Waals surface area (Å²) in [5.41, 5.74) is 2.72. The van der Waals surface area contributed by atoms with E-state index >= 15 is 0 Å². The highest BCUT2D eigenvalue weighted by atomic mass is 19.4. The van der Waals surface area contributed by atoms with Crippen LogP contribution in [0.15, 0.2) is 58.2 Å². The first kappa shape index (κ1) is 22.0. The fourth-order valence-corrected chi connectivity index (χ4v) is 2.48. The van der Waals surface area contributed by atoms with Crippen LogP contribution in [-0.2, 0) is 17.6 Å². The minimum Gasteiger partial charge on any atom is -0.391 e. The summed E-state index contributed by atoms with van der Waals surface area (Å²) in [7, 11) is 0. The van der Waals surface area contributed by atoms with Gasteiger partial charge in [-0.15, -0.1) is 0 Å². The molecule has 0 bridgehead atoms. The van der Waals surface area contributed by atoms with Gasteiger partial charge in [0.15, 0.2) is 0 Å². The molecule has 162 valence electrons. The second-order valence-corrected chi connectivity index (χ2v) is 6.77. The molecule has 0 aliphatic heterocycles. The van der Waals surface area contributed by atoms with E-state index in [2.05, 4.69) is 25.1 Å². The zero-order chi connectivity index (χ0) is 22.4. The first-order chi connectivity index (χ1) is 14.7. The van der Waals surface area contributed by atoms with Crippen LogP contribution in [0.1, 0.15) is 34.3 Å². The number of benzene rings is 2. The van der Waals surface area contributed by atoms with Crippen molar-refractivity contribution in [1.82, 2.24) is 15.5 Å². The van der Waals surface area contributed by atoms with E-state index in [4.69, 9.17) is 4.84 Å². The lowest BCUT2D eigenvalue weighted by atomic mass is 10.1. The third-order valence-corrected chi connectivity index (χ3v) is 4.14. The first-order valence-electron chi connectivity index (χ1n) is 9.25.